The van der Waals surface area contributed by atoms with Crippen LogP contribution in [0.25, 0.3) is 11.1 Å². The summed E-state index contributed by atoms with van der Waals surface area (Å²) in [7, 11) is 0. The maximum atomic E-state index is 13.7. The van der Waals surface area contributed by atoms with Gasteiger partial charge in [-0.1, -0.05) is 42.5 Å². The van der Waals surface area contributed by atoms with Crippen LogP contribution in [-0.4, -0.2) is 41.9 Å². The number of piperidine rings is 1. The summed E-state index contributed by atoms with van der Waals surface area (Å²) in [4.78, 5) is 27.0. The van der Waals surface area contributed by atoms with E-state index >= 15 is 0 Å². The van der Waals surface area contributed by atoms with Crippen LogP contribution < -0.4 is 10.1 Å². The van der Waals surface area contributed by atoms with E-state index in [0.717, 1.165) is 22.3 Å². The molecule has 5 rings (SSSR count). The normalized spacial score (nSPS) is 19.8. The minimum atomic E-state index is -0.797. The Morgan fingerprint density at radius 3 is 2.20 bits per heavy atom. The van der Waals surface area contributed by atoms with Crippen LogP contribution in [0.1, 0.15) is 45.7 Å². The van der Waals surface area contributed by atoms with Gasteiger partial charge in [-0.05, 0) is 87.2 Å². The average molecular weight is 561 g/mol. The van der Waals surface area contributed by atoms with Gasteiger partial charge in [0.1, 0.15) is 29.9 Å². The number of carbonyl (C=O) groups excluding carboxylic acids is 2. The molecule has 1 N–H and O–H groups in total. The standard InChI is InChI=1S/C33H37FN2O5/c1-32(2,3)41-31(38)36-18-27-28(19-36)29(27)40-26-16-23(22-11-13-25(34)14-12-22)15-24(17-26)33(4,5)35-30(37)39-20-21-9-7-6-8-10-21/h6-17,27-29H,18-20H2,1-5H3,(H,35,37)/t27-,28+,29?. The van der Waals surface area contributed by atoms with Crippen molar-refractivity contribution >= 4 is 12.2 Å². The number of halogens is 1. The maximum Gasteiger partial charge on any atom is 0.410 e. The number of likely N-dealkylation sites (tertiary alicyclic amines) is 1. The molecule has 216 valence electrons. The smallest absolute Gasteiger partial charge is 0.410 e. The third-order valence-electron chi connectivity index (χ3n) is 7.47. The number of carbonyl (C=O) groups is 2. The van der Waals surface area contributed by atoms with Gasteiger partial charge in [0.2, 0.25) is 0 Å². The van der Waals surface area contributed by atoms with Crippen molar-refractivity contribution in [3.05, 3.63) is 89.7 Å². The molecule has 7 nitrogen and oxygen atoms in total. The molecule has 2 amide bonds. The van der Waals surface area contributed by atoms with Crippen LogP contribution in [0.3, 0.4) is 0 Å². The second-order valence-electron chi connectivity index (χ2n) is 12.4. The molecule has 3 aromatic rings. The van der Waals surface area contributed by atoms with E-state index in [2.05, 4.69) is 5.32 Å². The molecule has 0 aromatic heterocycles. The van der Waals surface area contributed by atoms with E-state index in [1.54, 1.807) is 17.0 Å². The molecule has 8 heteroatoms. The summed E-state index contributed by atoms with van der Waals surface area (Å²) in [5.74, 6) is 0.807. The first-order valence-corrected chi connectivity index (χ1v) is 13.9. The Balaban J connectivity index is 1.31. The van der Waals surface area contributed by atoms with Crippen molar-refractivity contribution in [1.29, 1.82) is 0 Å². The molecule has 1 saturated heterocycles. The van der Waals surface area contributed by atoms with Gasteiger partial charge in [0.05, 0.1) is 5.54 Å². The highest BCUT2D eigenvalue weighted by Gasteiger charge is 2.59. The molecule has 2 aliphatic rings. The van der Waals surface area contributed by atoms with E-state index in [4.69, 9.17) is 14.2 Å². The molecule has 1 saturated carbocycles. The SMILES string of the molecule is CC(C)(C)OC(=O)N1C[C@@H]2C(Oc3cc(-c4ccc(F)cc4)cc(C(C)(C)NC(=O)OCc4ccccc4)c3)[C@@H]2C1. The summed E-state index contributed by atoms with van der Waals surface area (Å²) in [6, 6.07) is 21.6. The first-order valence-electron chi connectivity index (χ1n) is 13.9. The predicted molar refractivity (Wildman–Crippen MR) is 154 cm³/mol. The fraction of sp³-hybridized carbons (Fsp3) is 0.394. The highest BCUT2D eigenvalue weighted by Crippen LogP contribution is 2.48. The Labute approximate surface area is 240 Å². The lowest BCUT2D eigenvalue weighted by Crippen LogP contribution is -2.41. The van der Waals surface area contributed by atoms with Gasteiger partial charge in [0.15, 0.2) is 0 Å². The van der Waals surface area contributed by atoms with Gasteiger partial charge in [0, 0.05) is 24.9 Å². The summed E-state index contributed by atoms with van der Waals surface area (Å²) in [5.41, 5.74) is 2.04. The zero-order valence-electron chi connectivity index (χ0n) is 24.1. The maximum absolute atomic E-state index is 13.7. The highest BCUT2D eigenvalue weighted by molar-refractivity contribution is 5.71. The number of hydrogen-bond acceptors (Lipinski definition) is 5. The predicted octanol–water partition coefficient (Wildman–Crippen LogP) is 6.90. The van der Waals surface area contributed by atoms with Crippen molar-refractivity contribution < 1.29 is 28.2 Å². The Kier molecular flexibility index (Phi) is 7.68. The largest absolute Gasteiger partial charge is 0.490 e. The second kappa shape index (κ2) is 11.1. The molecule has 3 atom stereocenters. The van der Waals surface area contributed by atoms with Gasteiger partial charge < -0.3 is 24.4 Å². The van der Waals surface area contributed by atoms with Crippen molar-refractivity contribution in [2.75, 3.05) is 13.1 Å². The number of rotatable bonds is 7. The monoisotopic (exact) mass is 560 g/mol. The molecule has 1 aliphatic carbocycles. The minimum Gasteiger partial charge on any atom is -0.490 e. The van der Waals surface area contributed by atoms with E-state index in [1.165, 1.54) is 12.1 Å². The third-order valence-corrected chi connectivity index (χ3v) is 7.47. The highest BCUT2D eigenvalue weighted by atomic mass is 19.1. The summed E-state index contributed by atoms with van der Waals surface area (Å²) in [5, 5.41) is 2.97. The summed E-state index contributed by atoms with van der Waals surface area (Å²) < 4.78 is 31.1. The van der Waals surface area contributed by atoms with Crippen LogP contribution in [0.2, 0.25) is 0 Å². The van der Waals surface area contributed by atoms with E-state index in [0.29, 0.717) is 18.8 Å². The molecule has 1 heterocycles. The number of benzene rings is 3. The fourth-order valence-corrected chi connectivity index (χ4v) is 5.20. The van der Waals surface area contributed by atoms with Gasteiger partial charge in [-0.3, -0.25) is 0 Å². The number of fused-ring (bicyclic) bond motifs is 1. The fourth-order valence-electron chi connectivity index (χ4n) is 5.20. The Morgan fingerprint density at radius 1 is 0.902 bits per heavy atom. The van der Waals surface area contributed by atoms with E-state index in [9.17, 15) is 14.0 Å². The number of alkyl carbamates (subject to hydrolysis) is 1. The van der Waals surface area contributed by atoms with Gasteiger partial charge in [-0.15, -0.1) is 0 Å². The average Bonchev–Trinajstić information content (AvgIpc) is 3.33. The number of nitrogens with one attached hydrogen (secondary N) is 1. The molecule has 0 spiro atoms. The number of amides is 2. The zero-order valence-corrected chi connectivity index (χ0v) is 24.1. The molecule has 0 bridgehead atoms. The van der Waals surface area contributed by atoms with Crippen molar-refractivity contribution in [3.63, 3.8) is 0 Å². The first-order chi connectivity index (χ1) is 19.4. The van der Waals surface area contributed by atoms with Crippen LogP contribution in [0, 0.1) is 17.7 Å². The quantitative estimate of drug-likeness (QED) is 0.340. The molecule has 3 aromatic carbocycles. The van der Waals surface area contributed by atoms with Crippen molar-refractivity contribution in [2.45, 2.75) is 58.5 Å². The van der Waals surface area contributed by atoms with Crippen LogP contribution in [0.15, 0.2) is 72.8 Å². The Bertz CT molecular complexity index is 1390. The van der Waals surface area contributed by atoms with E-state index in [1.807, 2.05) is 83.1 Å². The summed E-state index contributed by atoms with van der Waals surface area (Å²) >= 11 is 0. The second-order valence-corrected chi connectivity index (χ2v) is 12.4. The first kappa shape index (κ1) is 28.5. The van der Waals surface area contributed by atoms with E-state index in [-0.39, 0.29) is 36.5 Å². The molecule has 1 aliphatic heterocycles. The topological polar surface area (TPSA) is 77.1 Å². The van der Waals surface area contributed by atoms with Crippen LogP contribution in [0.5, 0.6) is 5.75 Å². The van der Waals surface area contributed by atoms with Crippen molar-refractivity contribution in [3.8, 4) is 16.9 Å². The lowest BCUT2D eigenvalue weighted by molar-refractivity contribution is 0.0253. The minimum absolute atomic E-state index is 0.0167. The molecule has 1 unspecified atom stereocenters. The lowest BCUT2D eigenvalue weighted by atomic mass is 9.91. The number of nitrogens with zero attached hydrogens (tertiary/aromatic N) is 1. The van der Waals surface area contributed by atoms with Gasteiger partial charge >= 0.3 is 12.2 Å². The van der Waals surface area contributed by atoms with Crippen LogP contribution >= 0.6 is 0 Å². The number of ether oxygens (including phenoxy) is 3. The molecular weight excluding hydrogens is 523 g/mol. The van der Waals surface area contributed by atoms with Gasteiger partial charge in [0.25, 0.3) is 0 Å². The Hall–Kier alpha value is -4.07. The van der Waals surface area contributed by atoms with Gasteiger partial charge in [-0.25, -0.2) is 14.0 Å². The van der Waals surface area contributed by atoms with E-state index < -0.39 is 17.2 Å². The molecular formula is C33H37FN2O5. The van der Waals surface area contributed by atoms with Gasteiger partial charge in [-0.2, -0.15) is 0 Å². The van der Waals surface area contributed by atoms with Crippen molar-refractivity contribution in [2.24, 2.45) is 11.8 Å². The van der Waals surface area contributed by atoms with Crippen LogP contribution in [0.4, 0.5) is 14.0 Å². The third kappa shape index (κ3) is 6.99. The Morgan fingerprint density at radius 2 is 1.56 bits per heavy atom. The van der Waals surface area contributed by atoms with Crippen molar-refractivity contribution in [1.82, 2.24) is 10.2 Å². The molecule has 41 heavy (non-hydrogen) atoms. The molecule has 2 fully saturated rings. The summed E-state index contributed by atoms with van der Waals surface area (Å²) in [6.45, 7) is 10.7. The zero-order chi connectivity index (χ0) is 29.4. The number of hydrogen-bond donors (Lipinski definition) is 1. The van der Waals surface area contributed by atoms with Crippen LogP contribution in [-0.2, 0) is 21.6 Å². The lowest BCUT2D eigenvalue weighted by Gasteiger charge is -2.28. The summed E-state index contributed by atoms with van der Waals surface area (Å²) in [6.07, 6.45) is -0.847. The molecule has 0 radical (unpaired) electrons.